The Morgan fingerprint density at radius 3 is 2.97 bits per heavy atom. The summed E-state index contributed by atoms with van der Waals surface area (Å²) in [4.78, 5) is 24.5. The molecule has 4 heterocycles. The second kappa shape index (κ2) is 11.8. The maximum atomic E-state index is 12.2. The first kappa shape index (κ1) is 23.2. The summed E-state index contributed by atoms with van der Waals surface area (Å²) >= 11 is 0. The van der Waals surface area contributed by atoms with Gasteiger partial charge < -0.3 is 20.4 Å². The summed E-state index contributed by atoms with van der Waals surface area (Å²) in [7, 11) is 1.46. The molecule has 7 nitrogen and oxygen atoms in total. The molecule has 0 saturated carbocycles. The number of esters is 1. The Morgan fingerprint density at radius 1 is 1.18 bits per heavy atom. The van der Waals surface area contributed by atoms with Gasteiger partial charge in [0.25, 0.3) is 0 Å². The molecule has 0 saturated heterocycles. The van der Waals surface area contributed by atoms with Gasteiger partial charge in [0.1, 0.15) is 17.5 Å². The van der Waals surface area contributed by atoms with Crippen molar-refractivity contribution >= 4 is 22.8 Å². The minimum absolute atomic E-state index is 0.194. The van der Waals surface area contributed by atoms with E-state index >= 15 is 0 Å². The summed E-state index contributed by atoms with van der Waals surface area (Å²) in [6.07, 6.45) is 13.5. The summed E-state index contributed by atoms with van der Waals surface area (Å²) in [6, 6.07) is 8.09. The van der Waals surface area contributed by atoms with E-state index in [1.807, 2.05) is 18.3 Å². The maximum Gasteiger partial charge on any atom is 0.322 e. The van der Waals surface area contributed by atoms with Gasteiger partial charge in [-0.05, 0) is 61.4 Å². The number of nitrogens with zero attached hydrogens (tertiary/aromatic N) is 2. The van der Waals surface area contributed by atoms with Crippen molar-refractivity contribution in [2.24, 2.45) is 0 Å². The van der Waals surface area contributed by atoms with Gasteiger partial charge in [0.15, 0.2) is 0 Å². The van der Waals surface area contributed by atoms with Crippen molar-refractivity contribution in [2.75, 3.05) is 19.0 Å². The summed E-state index contributed by atoms with van der Waals surface area (Å²) in [5.74, 6) is 0.893. The van der Waals surface area contributed by atoms with Crippen LogP contribution in [0, 0.1) is 0 Å². The number of rotatable bonds is 12. The average Bonchev–Trinajstić information content (AvgIpc) is 3.27. The van der Waals surface area contributed by atoms with E-state index in [-0.39, 0.29) is 12.0 Å². The van der Waals surface area contributed by atoms with Gasteiger partial charge in [-0.2, -0.15) is 0 Å². The summed E-state index contributed by atoms with van der Waals surface area (Å²) in [5.41, 5.74) is 4.51. The molecule has 7 heteroatoms. The number of carbonyl (C=O) groups is 1. The number of anilines is 1. The van der Waals surface area contributed by atoms with Crippen LogP contribution in [0.3, 0.4) is 0 Å². The molecule has 0 fully saturated rings. The van der Waals surface area contributed by atoms with Crippen molar-refractivity contribution in [1.82, 2.24) is 20.3 Å². The van der Waals surface area contributed by atoms with Crippen molar-refractivity contribution < 1.29 is 9.53 Å². The van der Waals surface area contributed by atoms with Crippen LogP contribution in [0.15, 0.2) is 36.7 Å². The third-order valence-corrected chi connectivity index (χ3v) is 6.44. The summed E-state index contributed by atoms with van der Waals surface area (Å²) in [6.45, 7) is 1.64. The molecule has 0 bridgehead atoms. The number of pyridine rings is 2. The van der Waals surface area contributed by atoms with Gasteiger partial charge in [0.2, 0.25) is 0 Å². The molecule has 176 valence electrons. The number of hydrogen-bond acceptors (Lipinski definition) is 6. The molecule has 3 aromatic rings. The van der Waals surface area contributed by atoms with Crippen LogP contribution in [0.25, 0.3) is 11.0 Å². The van der Waals surface area contributed by atoms with E-state index in [1.54, 1.807) is 6.20 Å². The molecule has 3 aromatic heterocycles. The van der Waals surface area contributed by atoms with Crippen LogP contribution < -0.4 is 10.6 Å². The summed E-state index contributed by atoms with van der Waals surface area (Å²) < 4.78 is 5.02. The van der Waals surface area contributed by atoms with Gasteiger partial charge in [-0.15, -0.1) is 0 Å². The molecule has 0 spiro atoms. The van der Waals surface area contributed by atoms with Crippen LogP contribution in [0.5, 0.6) is 0 Å². The monoisotopic (exact) mass is 449 g/mol. The molecule has 0 unspecified atom stereocenters. The number of fused-ring (bicyclic) bond motifs is 2. The highest BCUT2D eigenvalue weighted by Gasteiger charge is 2.18. The highest BCUT2D eigenvalue weighted by Crippen LogP contribution is 2.21. The van der Waals surface area contributed by atoms with Crippen LogP contribution in [-0.4, -0.2) is 40.6 Å². The van der Waals surface area contributed by atoms with Crippen molar-refractivity contribution in [1.29, 1.82) is 0 Å². The van der Waals surface area contributed by atoms with Gasteiger partial charge in [-0.3, -0.25) is 4.79 Å². The third kappa shape index (κ3) is 6.32. The first-order valence-electron chi connectivity index (χ1n) is 12.2. The topological polar surface area (TPSA) is 91.9 Å². The molecule has 3 N–H and O–H groups in total. The van der Waals surface area contributed by atoms with Crippen molar-refractivity contribution in [3.05, 3.63) is 53.5 Å². The molecule has 1 aliphatic rings. The van der Waals surface area contributed by atoms with Crippen LogP contribution in [-0.2, 0) is 28.9 Å². The Balaban J connectivity index is 1.15. The number of aryl methyl sites for hydroxylation is 2. The molecule has 4 rings (SSSR count). The largest absolute Gasteiger partial charge is 0.468 e. The highest BCUT2D eigenvalue weighted by atomic mass is 16.5. The van der Waals surface area contributed by atoms with Gasteiger partial charge in [-0.25, -0.2) is 9.97 Å². The lowest BCUT2D eigenvalue weighted by Gasteiger charge is -2.17. The third-order valence-electron chi connectivity index (χ3n) is 6.44. The highest BCUT2D eigenvalue weighted by molar-refractivity contribution is 5.79. The standard InChI is InChI=1S/C26H35N5O2/c1-33-26(32)23(29-17-20-18-30-25-22(20)11-8-16-28-25)12-6-4-2-3-5-10-21-14-13-19-9-7-15-27-24(19)31-21/h8,11,13-14,16,18,23,29H,2-7,9-10,12,15,17H2,1H3,(H,27,31)(H,28,30)/t23-/m0/s1. The SMILES string of the molecule is COC(=O)[C@H](CCCCCCCc1ccc2c(n1)NCCC2)NCc1c[nH]c2ncccc12. The molecule has 0 radical (unpaired) electrons. The Bertz CT molecular complexity index is 1050. The Hall–Kier alpha value is -2.93. The number of H-pyrrole nitrogens is 1. The van der Waals surface area contributed by atoms with Gasteiger partial charge >= 0.3 is 5.97 Å². The molecule has 0 aromatic carbocycles. The smallest absolute Gasteiger partial charge is 0.322 e. The first-order chi connectivity index (χ1) is 16.2. The average molecular weight is 450 g/mol. The first-order valence-corrected chi connectivity index (χ1v) is 12.2. The number of nitrogens with one attached hydrogen (secondary N) is 3. The minimum atomic E-state index is -0.288. The number of aromatic amines is 1. The van der Waals surface area contributed by atoms with Crippen LogP contribution in [0.4, 0.5) is 5.82 Å². The quantitative estimate of drug-likeness (QED) is 0.278. The number of aromatic nitrogens is 3. The molecule has 0 aliphatic carbocycles. The van der Waals surface area contributed by atoms with Gasteiger partial charge in [0.05, 0.1) is 7.11 Å². The van der Waals surface area contributed by atoms with E-state index in [0.29, 0.717) is 6.54 Å². The second-order valence-corrected chi connectivity index (χ2v) is 8.82. The lowest BCUT2D eigenvalue weighted by molar-refractivity contribution is -0.143. The van der Waals surface area contributed by atoms with Crippen molar-refractivity contribution in [3.8, 4) is 0 Å². The van der Waals surface area contributed by atoms with E-state index in [2.05, 4.69) is 32.7 Å². The second-order valence-electron chi connectivity index (χ2n) is 8.82. The van der Waals surface area contributed by atoms with Crippen LogP contribution in [0.1, 0.15) is 61.8 Å². The molecule has 1 atom stereocenters. The number of unbranched alkanes of at least 4 members (excludes halogenated alkanes) is 4. The number of methoxy groups -OCH3 is 1. The van der Waals surface area contributed by atoms with E-state index in [4.69, 9.17) is 9.72 Å². The maximum absolute atomic E-state index is 12.2. The van der Waals surface area contributed by atoms with Gasteiger partial charge in [-0.1, -0.05) is 31.7 Å². The normalized spacial score (nSPS) is 14.0. The van der Waals surface area contributed by atoms with E-state index < -0.39 is 0 Å². The van der Waals surface area contributed by atoms with Crippen LogP contribution in [0.2, 0.25) is 0 Å². The molecular formula is C26H35N5O2. The zero-order valence-corrected chi connectivity index (χ0v) is 19.5. The fourth-order valence-corrected chi connectivity index (χ4v) is 4.53. The number of hydrogen-bond donors (Lipinski definition) is 3. The predicted molar refractivity (Wildman–Crippen MR) is 131 cm³/mol. The zero-order valence-electron chi connectivity index (χ0n) is 19.5. The van der Waals surface area contributed by atoms with Gasteiger partial charge in [0, 0.05) is 36.6 Å². The van der Waals surface area contributed by atoms with E-state index in [1.165, 1.54) is 37.6 Å². The zero-order chi connectivity index (χ0) is 22.9. The lowest BCUT2D eigenvalue weighted by atomic mass is 10.0. The predicted octanol–water partition coefficient (Wildman–Crippen LogP) is 4.53. The van der Waals surface area contributed by atoms with E-state index in [0.717, 1.165) is 67.5 Å². The Morgan fingerprint density at radius 2 is 2.06 bits per heavy atom. The molecule has 0 amide bonds. The molecule has 1 aliphatic heterocycles. The van der Waals surface area contributed by atoms with Crippen molar-refractivity contribution in [2.45, 2.75) is 70.4 Å². The molecular weight excluding hydrogens is 414 g/mol. The fourth-order valence-electron chi connectivity index (χ4n) is 4.53. The van der Waals surface area contributed by atoms with E-state index in [9.17, 15) is 4.79 Å². The minimum Gasteiger partial charge on any atom is -0.468 e. The number of ether oxygens (including phenoxy) is 1. The number of carbonyl (C=O) groups excluding carboxylic acids is 1. The van der Waals surface area contributed by atoms with Crippen molar-refractivity contribution in [3.63, 3.8) is 0 Å². The Kier molecular flexibility index (Phi) is 8.30. The molecule has 33 heavy (non-hydrogen) atoms. The van der Waals surface area contributed by atoms with Crippen LogP contribution >= 0.6 is 0 Å². The summed E-state index contributed by atoms with van der Waals surface area (Å²) in [5, 5.41) is 7.87. The lowest BCUT2D eigenvalue weighted by Crippen LogP contribution is -2.37. The Labute approximate surface area is 195 Å². The fraction of sp³-hybridized carbons (Fsp3) is 0.500.